The van der Waals surface area contributed by atoms with Gasteiger partial charge in [0.05, 0.1) is 18.6 Å². The van der Waals surface area contributed by atoms with Gasteiger partial charge < -0.3 is 14.3 Å². The highest BCUT2D eigenvalue weighted by atomic mass is 32.2. The molecule has 8 heteroatoms. The van der Waals surface area contributed by atoms with E-state index in [2.05, 4.69) is 46.2 Å². The average molecular weight is 405 g/mol. The topological polar surface area (TPSA) is 73.0 Å². The number of thiophene rings is 1. The van der Waals surface area contributed by atoms with Gasteiger partial charge in [0.15, 0.2) is 11.0 Å². The van der Waals surface area contributed by atoms with Gasteiger partial charge in [-0.2, -0.15) is 0 Å². The lowest BCUT2D eigenvalue weighted by molar-refractivity contribution is -0.118. The van der Waals surface area contributed by atoms with Gasteiger partial charge in [0.1, 0.15) is 5.76 Å². The van der Waals surface area contributed by atoms with E-state index < -0.39 is 0 Å². The summed E-state index contributed by atoms with van der Waals surface area (Å²) >= 11 is 3.17. The van der Waals surface area contributed by atoms with E-state index in [9.17, 15) is 4.79 Å². The van der Waals surface area contributed by atoms with E-state index in [1.54, 1.807) is 17.6 Å². The number of carbonyl (C=O) groups is 1. The summed E-state index contributed by atoms with van der Waals surface area (Å²) < 4.78 is 7.36. The molecule has 0 saturated heterocycles. The molecule has 3 aromatic heterocycles. The van der Waals surface area contributed by atoms with Crippen LogP contribution in [0.5, 0.6) is 0 Å². The maximum atomic E-state index is 12.1. The molecule has 3 heterocycles. The molecule has 0 fully saturated rings. The van der Waals surface area contributed by atoms with Crippen molar-refractivity contribution in [3.8, 4) is 11.4 Å². The molecule has 3 rings (SSSR count). The van der Waals surface area contributed by atoms with Crippen molar-refractivity contribution in [2.75, 3.05) is 5.75 Å². The number of aromatic nitrogens is 3. The number of thioether (sulfide) groups is 1. The van der Waals surface area contributed by atoms with Crippen molar-refractivity contribution < 1.29 is 9.21 Å². The fourth-order valence-corrected chi connectivity index (χ4v) is 4.64. The fraction of sp³-hybridized carbons (Fsp3) is 0.421. The van der Waals surface area contributed by atoms with Crippen molar-refractivity contribution in [2.45, 2.75) is 51.9 Å². The molecule has 0 aliphatic heterocycles. The Labute approximate surface area is 167 Å². The maximum absolute atomic E-state index is 12.1. The number of nitrogens with one attached hydrogen (secondary N) is 1. The smallest absolute Gasteiger partial charge is 0.230 e. The van der Waals surface area contributed by atoms with Gasteiger partial charge in [0.2, 0.25) is 5.91 Å². The van der Waals surface area contributed by atoms with Crippen LogP contribution in [0.2, 0.25) is 0 Å². The largest absolute Gasteiger partial charge is 0.467 e. The summed E-state index contributed by atoms with van der Waals surface area (Å²) in [5.74, 6) is 1.89. The number of rotatable bonds is 9. The molecule has 1 amide bonds. The van der Waals surface area contributed by atoms with Crippen molar-refractivity contribution in [2.24, 2.45) is 0 Å². The van der Waals surface area contributed by atoms with Crippen LogP contribution in [-0.4, -0.2) is 26.4 Å². The number of hydrogen-bond donors (Lipinski definition) is 1. The molecule has 0 atom stereocenters. The van der Waals surface area contributed by atoms with Gasteiger partial charge in [-0.25, -0.2) is 0 Å². The van der Waals surface area contributed by atoms with E-state index in [4.69, 9.17) is 4.42 Å². The summed E-state index contributed by atoms with van der Waals surface area (Å²) in [6.07, 6.45) is 3.55. The zero-order valence-corrected chi connectivity index (χ0v) is 17.5. The second kappa shape index (κ2) is 9.23. The molecule has 144 valence electrons. The molecule has 27 heavy (non-hydrogen) atoms. The van der Waals surface area contributed by atoms with E-state index >= 15 is 0 Å². The number of amides is 1. The van der Waals surface area contributed by atoms with Crippen LogP contribution >= 0.6 is 23.1 Å². The number of hydrogen-bond acceptors (Lipinski definition) is 6. The van der Waals surface area contributed by atoms with Gasteiger partial charge in [0, 0.05) is 22.4 Å². The van der Waals surface area contributed by atoms with Gasteiger partial charge in [-0.15, -0.1) is 21.5 Å². The third-order valence-electron chi connectivity index (χ3n) is 4.23. The van der Waals surface area contributed by atoms with Crippen molar-refractivity contribution in [1.29, 1.82) is 0 Å². The highest BCUT2D eigenvalue weighted by molar-refractivity contribution is 7.99. The van der Waals surface area contributed by atoms with Gasteiger partial charge in [-0.3, -0.25) is 4.79 Å². The van der Waals surface area contributed by atoms with Crippen LogP contribution in [0.4, 0.5) is 0 Å². The summed E-state index contributed by atoms with van der Waals surface area (Å²) in [5.41, 5.74) is 2.49. The van der Waals surface area contributed by atoms with Crippen LogP contribution in [0.25, 0.3) is 11.4 Å². The van der Waals surface area contributed by atoms with Crippen LogP contribution in [0.1, 0.15) is 36.5 Å². The third kappa shape index (κ3) is 4.62. The molecular weight excluding hydrogens is 380 g/mol. The second-order valence-corrected chi connectivity index (χ2v) is 8.17. The molecule has 0 bridgehead atoms. The van der Waals surface area contributed by atoms with Crippen LogP contribution < -0.4 is 5.32 Å². The molecule has 0 saturated carbocycles. The van der Waals surface area contributed by atoms with Crippen LogP contribution in [0.15, 0.2) is 33.3 Å². The van der Waals surface area contributed by atoms with E-state index in [0.717, 1.165) is 41.7 Å². The first-order valence-corrected chi connectivity index (χ1v) is 10.9. The Morgan fingerprint density at radius 3 is 2.93 bits per heavy atom. The summed E-state index contributed by atoms with van der Waals surface area (Å²) in [6.45, 7) is 7.67. The van der Waals surface area contributed by atoms with Crippen molar-refractivity contribution >= 4 is 29.0 Å². The Morgan fingerprint density at radius 1 is 1.37 bits per heavy atom. The molecule has 3 aromatic rings. The van der Waals surface area contributed by atoms with E-state index in [1.165, 1.54) is 22.2 Å². The third-order valence-corrected chi connectivity index (χ3v) is 6.15. The summed E-state index contributed by atoms with van der Waals surface area (Å²) in [4.78, 5) is 13.5. The highest BCUT2D eigenvalue weighted by Crippen LogP contribution is 2.32. The molecule has 0 spiro atoms. The lowest BCUT2D eigenvalue weighted by Crippen LogP contribution is -2.24. The van der Waals surface area contributed by atoms with Crippen LogP contribution in [-0.2, 0) is 24.3 Å². The molecule has 0 unspecified atom stereocenters. The van der Waals surface area contributed by atoms with E-state index in [1.807, 2.05) is 12.1 Å². The average Bonchev–Trinajstić information content (AvgIpc) is 3.39. The van der Waals surface area contributed by atoms with Gasteiger partial charge in [-0.05, 0) is 37.5 Å². The monoisotopic (exact) mass is 404 g/mol. The maximum Gasteiger partial charge on any atom is 0.230 e. The number of furan rings is 1. The Kier molecular flexibility index (Phi) is 6.73. The molecule has 6 nitrogen and oxygen atoms in total. The summed E-state index contributed by atoms with van der Waals surface area (Å²) in [7, 11) is 0. The lowest BCUT2D eigenvalue weighted by Gasteiger charge is -2.09. The van der Waals surface area contributed by atoms with Gasteiger partial charge in [-0.1, -0.05) is 25.6 Å². The first-order chi connectivity index (χ1) is 13.1. The fourth-order valence-electron chi connectivity index (χ4n) is 2.91. The first kappa shape index (κ1) is 19.7. The Bertz CT molecular complexity index is 884. The normalized spacial score (nSPS) is 11.1. The van der Waals surface area contributed by atoms with Crippen LogP contribution in [0, 0.1) is 6.92 Å². The summed E-state index contributed by atoms with van der Waals surface area (Å²) in [5, 5.41) is 14.6. The van der Waals surface area contributed by atoms with Gasteiger partial charge >= 0.3 is 0 Å². The van der Waals surface area contributed by atoms with E-state index in [0.29, 0.717) is 12.3 Å². The van der Waals surface area contributed by atoms with Crippen molar-refractivity contribution in [3.63, 3.8) is 0 Å². The Morgan fingerprint density at radius 2 is 2.22 bits per heavy atom. The predicted octanol–water partition coefficient (Wildman–Crippen LogP) is 4.29. The minimum atomic E-state index is -0.0513. The molecule has 1 N–H and O–H groups in total. The number of carbonyl (C=O) groups excluding carboxylic acids is 1. The second-order valence-electron chi connectivity index (χ2n) is 6.14. The highest BCUT2D eigenvalue weighted by Gasteiger charge is 2.19. The first-order valence-electron chi connectivity index (χ1n) is 9.06. The SMILES string of the molecule is CCCn1c(SCC(=O)NCc2ccco2)nnc1-c1csc(C)c1CC. The number of nitrogens with zero attached hydrogens (tertiary/aromatic N) is 3. The quantitative estimate of drug-likeness (QED) is 0.539. The number of aryl methyl sites for hydroxylation is 1. The molecular formula is C19H24N4O2S2. The Hall–Kier alpha value is -2.06. The van der Waals surface area contributed by atoms with Crippen molar-refractivity contribution in [1.82, 2.24) is 20.1 Å². The minimum absolute atomic E-state index is 0.0513. The lowest BCUT2D eigenvalue weighted by atomic mass is 10.1. The van der Waals surface area contributed by atoms with Gasteiger partial charge in [0.25, 0.3) is 0 Å². The zero-order valence-electron chi connectivity index (χ0n) is 15.8. The van der Waals surface area contributed by atoms with Crippen molar-refractivity contribution in [3.05, 3.63) is 40.0 Å². The van der Waals surface area contributed by atoms with Crippen LogP contribution in [0.3, 0.4) is 0 Å². The van der Waals surface area contributed by atoms with E-state index in [-0.39, 0.29) is 5.91 Å². The Balaban J connectivity index is 1.70. The zero-order chi connectivity index (χ0) is 19.2. The standard InChI is InChI=1S/C19H24N4O2S2/c1-4-8-23-18(16-11-26-13(3)15(16)5-2)21-22-19(23)27-12-17(24)20-10-14-7-6-9-25-14/h6-7,9,11H,4-5,8,10,12H2,1-3H3,(H,20,24). The summed E-state index contributed by atoms with van der Waals surface area (Å²) in [6, 6.07) is 3.65. The molecule has 0 radical (unpaired) electrons. The predicted molar refractivity (Wildman–Crippen MR) is 109 cm³/mol. The molecule has 0 aliphatic carbocycles. The molecule has 0 aliphatic rings. The minimum Gasteiger partial charge on any atom is -0.467 e. The molecule has 0 aromatic carbocycles.